The van der Waals surface area contributed by atoms with Gasteiger partial charge in [0.1, 0.15) is 4.88 Å². The molecule has 2 fully saturated rings. The average Bonchev–Trinajstić information content (AvgIpc) is 3.38. The lowest BCUT2D eigenvalue weighted by Crippen LogP contribution is -2.50. The minimum absolute atomic E-state index is 0.0122. The quantitative estimate of drug-likeness (QED) is 0.803. The lowest BCUT2D eigenvalue weighted by molar-refractivity contribution is 0.0701. The zero-order valence-electron chi connectivity index (χ0n) is 14.6. The number of sulfonamides is 1. The number of rotatable bonds is 4. The van der Waals surface area contributed by atoms with Crippen molar-refractivity contribution < 1.29 is 13.2 Å². The lowest BCUT2D eigenvalue weighted by Gasteiger charge is -2.33. The van der Waals surface area contributed by atoms with E-state index in [1.165, 1.54) is 15.6 Å². The van der Waals surface area contributed by atoms with E-state index in [9.17, 15) is 13.2 Å². The van der Waals surface area contributed by atoms with Gasteiger partial charge < -0.3 is 4.90 Å². The molecule has 0 radical (unpaired) electrons. The molecule has 6 nitrogen and oxygen atoms in total. The highest BCUT2D eigenvalue weighted by Crippen LogP contribution is 2.42. The van der Waals surface area contributed by atoms with Gasteiger partial charge in [-0.25, -0.2) is 13.4 Å². The Morgan fingerprint density at radius 2 is 1.77 bits per heavy atom. The van der Waals surface area contributed by atoms with Crippen LogP contribution in [0, 0.1) is 6.92 Å². The summed E-state index contributed by atoms with van der Waals surface area (Å²) < 4.78 is 27.0. The number of carbonyl (C=O) groups is 1. The first-order valence-corrected chi connectivity index (χ1v) is 11.1. The Hall–Kier alpha value is -1.77. The van der Waals surface area contributed by atoms with E-state index in [1.807, 2.05) is 6.92 Å². The van der Waals surface area contributed by atoms with Crippen molar-refractivity contribution in [2.24, 2.45) is 0 Å². The summed E-state index contributed by atoms with van der Waals surface area (Å²) >= 11 is 1.39. The Morgan fingerprint density at radius 1 is 1.12 bits per heavy atom. The third-order valence-electron chi connectivity index (χ3n) is 4.94. The molecule has 8 heteroatoms. The lowest BCUT2D eigenvalue weighted by atomic mass is 10.2. The van der Waals surface area contributed by atoms with Gasteiger partial charge in [-0.2, -0.15) is 4.31 Å². The molecule has 4 rings (SSSR count). The van der Waals surface area contributed by atoms with Crippen LogP contribution in [0.4, 0.5) is 0 Å². The predicted octanol–water partition coefficient (Wildman–Crippen LogP) is 2.48. The Balaban J connectivity index is 1.44. The summed E-state index contributed by atoms with van der Waals surface area (Å²) in [5.74, 6) is 0.421. The molecule has 1 aliphatic carbocycles. The van der Waals surface area contributed by atoms with Gasteiger partial charge in [0.15, 0.2) is 0 Å². The Kier molecular flexibility index (Phi) is 4.58. The summed E-state index contributed by atoms with van der Waals surface area (Å²) in [4.78, 5) is 19.9. The SMILES string of the molecule is Cc1ccc(S(=O)(=O)N2CCN(C(=O)c3scnc3C3CC3)CC2)cc1. The predicted molar refractivity (Wildman–Crippen MR) is 99.9 cm³/mol. The standard InChI is InChI=1S/C18H21N3O3S2/c1-13-2-6-15(7-3-13)26(23,24)21-10-8-20(9-11-21)18(22)17-16(14-4-5-14)19-12-25-17/h2-3,6-7,12,14H,4-5,8-11H2,1H3. The number of nitrogens with zero attached hydrogens (tertiary/aromatic N) is 3. The second kappa shape index (κ2) is 6.75. The molecule has 1 saturated carbocycles. The van der Waals surface area contributed by atoms with Crippen molar-refractivity contribution in [2.75, 3.05) is 26.2 Å². The van der Waals surface area contributed by atoms with Crippen LogP contribution in [0.3, 0.4) is 0 Å². The van der Waals surface area contributed by atoms with Crippen molar-refractivity contribution in [3.63, 3.8) is 0 Å². The molecular weight excluding hydrogens is 370 g/mol. The van der Waals surface area contributed by atoms with E-state index in [0.29, 0.717) is 37.0 Å². The number of aromatic nitrogens is 1. The van der Waals surface area contributed by atoms with Crippen molar-refractivity contribution in [3.05, 3.63) is 45.9 Å². The van der Waals surface area contributed by atoms with Gasteiger partial charge in [0, 0.05) is 32.1 Å². The molecule has 138 valence electrons. The topological polar surface area (TPSA) is 70.6 Å². The van der Waals surface area contributed by atoms with E-state index >= 15 is 0 Å². The first-order valence-electron chi connectivity index (χ1n) is 8.76. The fraction of sp³-hybridized carbons (Fsp3) is 0.444. The van der Waals surface area contributed by atoms with Crippen molar-refractivity contribution in [2.45, 2.75) is 30.6 Å². The molecule has 0 bridgehead atoms. The van der Waals surface area contributed by atoms with Crippen molar-refractivity contribution in [3.8, 4) is 0 Å². The molecule has 2 heterocycles. The Bertz CT molecular complexity index is 909. The number of piperazine rings is 1. The van der Waals surface area contributed by atoms with Crippen molar-refractivity contribution >= 4 is 27.3 Å². The molecule has 2 aliphatic rings. The number of amides is 1. The highest BCUT2D eigenvalue weighted by atomic mass is 32.2. The van der Waals surface area contributed by atoms with E-state index in [-0.39, 0.29) is 5.91 Å². The average molecular weight is 392 g/mol. The summed E-state index contributed by atoms with van der Waals surface area (Å²) in [5.41, 5.74) is 3.68. The number of benzene rings is 1. The molecule has 1 aromatic carbocycles. The smallest absolute Gasteiger partial charge is 0.265 e. The van der Waals surface area contributed by atoms with E-state index in [2.05, 4.69) is 4.98 Å². The molecule has 1 amide bonds. The van der Waals surface area contributed by atoms with Crippen molar-refractivity contribution in [1.82, 2.24) is 14.2 Å². The monoisotopic (exact) mass is 391 g/mol. The van der Waals surface area contributed by atoms with Crippen LogP contribution < -0.4 is 0 Å². The van der Waals surface area contributed by atoms with Crippen LogP contribution in [0.1, 0.15) is 39.7 Å². The number of hydrogen-bond donors (Lipinski definition) is 0. The molecule has 1 saturated heterocycles. The molecule has 0 spiro atoms. The van der Waals surface area contributed by atoms with Crippen LogP contribution in [0.15, 0.2) is 34.7 Å². The maximum absolute atomic E-state index is 12.8. The van der Waals surface area contributed by atoms with Gasteiger partial charge in [0.05, 0.1) is 16.1 Å². The maximum Gasteiger partial charge on any atom is 0.265 e. The van der Waals surface area contributed by atoms with E-state index in [1.54, 1.807) is 34.7 Å². The zero-order chi connectivity index (χ0) is 18.3. The third-order valence-corrected chi connectivity index (χ3v) is 7.68. The van der Waals surface area contributed by atoms with Gasteiger partial charge in [0.25, 0.3) is 5.91 Å². The Morgan fingerprint density at radius 3 is 2.38 bits per heavy atom. The van der Waals surface area contributed by atoms with Crippen LogP contribution in [0.25, 0.3) is 0 Å². The largest absolute Gasteiger partial charge is 0.335 e. The molecular formula is C18H21N3O3S2. The molecule has 2 aromatic rings. The number of carbonyl (C=O) groups excluding carboxylic acids is 1. The zero-order valence-corrected chi connectivity index (χ0v) is 16.2. The number of thiazole rings is 1. The van der Waals surface area contributed by atoms with Crippen LogP contribution in [0.5, 0.6) is 0 Å². The minimum Gasteiger partial charge on any atom is -0.335 e. The second-order valence-corrected chi connectivity index (χ2v) is 9.64. The molecule has 0 unspecified atom stereocenters. The highest BCUT2D eigenvalue weighted by molar-refractivity contribution is 7.89. The van der Waals surface area contributed by atoms with Crippen LogP contribution in [-0.2, 0) is 10.0 Å². The Labute approximate surface area is 157 Å². The van der Waals surface area contributed by atoms with Gasteiger partial charge in [-0.1, -0.05) is 17.7 Å². The second-order valence-electron chi connectivity index (χ2n) is 6.85. The van der Waals surface area contributed by atoms with E-state index in [0.717, 1.165) is 29.0 Å². The van der Waals surface area contributed by atoms with Crippen LogP contribution in [0.2, 0.25) is 0 Å². The summed E-state index contributed by atoms with van der Waals surface area (Å²) in [5, 5.41) is 0. The first-order chi connectivity index (χ1) is 12.5. The molecule has 1 aliphatic heterocycles. The maximum atomic E-state index is 12.8. The van der Waals surface area contributed by atoms with E-state index < -0.39 is 10.0 Å². The minimum atomic E-state index is -3.51. The van der Waals surface area contributed by atoms with Gasteiger partial charge in [-0.15, -0.1) is 11.3 Å². The normalized spacial score (nSPS) is 18.9. The van der Waals surface area contributed by atoms with E-state index in [4.69, 9.17) is 0 Å². The van der Waals surface area contributed by atoms with Gasteiger partial charge in [-0.3, -0.25) is 4.79 Å². The summed E-state index contributed by atoms with van der Waals surface area (Å²) in [6, 6.07) is 6.88. The molecule has 1 aromatic heterocycles. The molecule has 0 atom stereocenters. The van der Waals surface area contributed by atoms with Crippen LogP contribution in [-0.4, -0.2) is 54.7 Å². The summed E-state index contributed by atoms with van der Waals surface area (Å²) in [7, 11) is -3.51. The number of hydrogen-bond acceptors (Lipinski definition) is 5. The van der Waals surface area contributed by atoms with Gasteiger partial charge in [-0.05, 0) is 31.9 Å². The third kappa shape index (κ3) is 3.28. The molecule has 26 heavy (non-hydrogen) atoms. The fourth-order valence-electron chi connectivity index (χ4n) is 3.20. The highest BCUT2D eigenvalue weighted by Gasteiger charge is 2.34. The summed E-state index contributed by atoms with van der Waals surface area (Å²) in [6.07, 6.45) is 2.21. The van der Waals surface area contributed by atoms with Gasteiger partial charge in [0.2, 0.25) is 10.0 Å². The van der Waals surface area contributed by atoms with Crippen molar-refractivity contribution in [1.29, 1.82) is 0 Å². The number of aryl methyl sites for hydroxylation is 1. The van der Waals surface area contributed by atoms with Crippen LogP contribution >= 0.6 is 11.3 Å². The molecule has 0 N–H and O–H groups in total. The first kappa shape index (κ1) is 17.6. The van der Waals surface area contributed by atoms with Gasteiger partial charge >= 0.3 is 0 Å². The summed E-state index contributed by atoms with van der Waals surface area (Å²) in [6.45, 7) is 3.38. The fourth-order valence-corrected chi connectivity index (χ4v) is 5.46.